The van der Waals surface area contributed by atoms with Crippen LogP contribution in [-0.4, -0.2) is 36.3 Å². The molecule has 3 atom stereocenters. The third kappa shape index (κ3) is 2.95. The molecule has 0 aromatic carbocycles. The first kappa shape index (κ1) is 13.0. The number of hydrogen-bond acceptors (Lipinski definition) is 3. The lowest BCUT2D eigenvalue weighted by molar-refractivity contribution is -0.140. The summed E-state index contributed by atoms with van der Waals surface area (Å²) in [5, 5.41) is 0. The van der Waals surface area contributed by atoms with Gasteiger partial charge in [-0.05, 0) is 18.8 Å². The van der Waals surface area contributed by atoms with E-state index >= 15 is 0 Å². The Balaban J connectivity index is 2.66. The van der Waals surface area contributed by atoms with Crippen molar-refractivity contribution in [1.82, 2.24) is 4.90 Å². The summed E-state index contributed by atoms with van der Waals surface area (Å²) >= 11 is 0. The second-order valence-corrected chi connectivity index (χ2v) is 4.76. The van der Waals surface area contributed by atoms with Crippen molar-refractivity contribution in [2.75, 3.05) is 13.6 Å². The van der Waals surface area contributed by atoms with E-state index in [0.29, 0.717) is 0 Å². The van der Waals surface area contributed by atoms with Crippen LogP contribution in [-0.2, 0) is 9.59 Å². The SMILES string of the molecule is CC1CCCC(N)C1C(=O)N(C)CC(N)=O. The van der Waals surface area contributed by atoms with Crippen LogP contribution in [0.1, 0.15) is 26.2 Å². The summed E-state index contributed by atoms with van der Waals surface area (Å²) in [5.41, 5.74) is 11.0. The van der Waals surface area contributed by atoms with Gasteiger partial charge < -0.3 is 16.4 Å². The molecule has 0 saturated heterocycles. The number of hydrogen-bond donors (Lipinski definition) is 2. The van der Waals surface area contributed by atoms with Gasteiger partial charge in [-0.1, -0.05) is 13.3 Å². The van der Waals surface area contributed by atoms with Crippen LogP contribution in [0, 0.1) is 11.8 Å². The highest BCUT2D eigenvalue weighted by atomic mass is 16.2. The van der Waals surface area contributed by atoms with Crippen molar-refractivity contribution in [3.8, 4) is 0 Å². The lowest BCUT2D eigenvalue weighted by Gasteiger charge is -2.35. The molecule has 1 aliphatic carbocycles. The highest BCUT2D eigenvalue weighted by Crippen LogP contribution is 2.30. The number of amides is 2. The van der Waals surface area contributed by atoms with Crippen LogP contribution in [0.15, 0.2) is 0 Å². The zero-order valence-corrected chi connectivity index (χ0v) is 9.98. The van der Waals surface area contributed by atoms with E-state index in [9.17, 15) is 9.59 Å². The summed E-state index contributed by atoms with van der Waals surface area (Å²) in [4.78, 5) is 24.2. The highest BCUT2D eigenvalue weighted by molar-refractivity contribution is 5.85. The fourth-order valence-electron chi connectivity index (χ4n) is 2.45. The summed E-state index contributed by atoms with van der Waals surface area (Å²) < 4.78 is 0. The Bertz CT molecular complexity index is 270. The van der Waals surface area contributed by atoms with Gasteiger partial charge in [0.15, 0.2) is 0 Å². The molecule has 92 valence electrons. The lowest BCUT2D eigenvalue weighted by Crippen LogP contribution is -2.49. The minimum Gasteiger partial charge on any atom is -0.368 e. The van der Waals surface area contributed by atoms with Gasteiger partial charge in [0.1, 0.15) is 0 Å². The van der Waals surface area contributed by atoms with Crippen molar-refractivity contribution in [3.05, 3.63) is 0 Å². The molecular formula is C11H21N3O2. The molecule has 1 aliphatic rings. The van der Waals surface area contributed by atoms with E-state index in [-0.39, 0.29) is 30.3 Å². The monoisotopic (exact) mass is 227 g/mol. The number of nitrogens with two attached hydrogens (primary N) is 2. The van der Waals surface area contributed by atoms with Gasteiger partial charge in [0.25, 0.3) is 0 Å². The zero-order chi connectivity index (χ0) is 12.3. The summed E-state index contributed by atoms with van der Waals surface area (Å²) in [7, 11) is 1.60. The van der Waals surface area contributed by atoms with Crippen LogP contribution in [0.4, 0.5) is 0 Å². The number of primary amides is 1. The molecule has 0 spiro atoms. The summed E-state index contributed by atoms with van der Waals surface area (Å²) in [6.45, 7) is 2.01. The van der Waals surface area contributed by atoms with Crippen molar-refractivity contribution in [2.45, 2.75) is 32.2 Å². The van der Waals surface area contributed by atoms with Crippen molar-refractivity contribution in [2.24, 2.45) is 23.3 Å². The predicted molar refractivity (Wildman–Crippen MR) is 61.3 cm³/mol. The maximum Gasteiger partial charge on any atom is 0.237 e. The molecule has 0 aromatic heterocycles. The van der Waals surface area contributed by atoms with E-state index in [0.717, 1.165) is 19.3 Å². The summed E-state index contributed by atoms with van der Waals surface area (Å²) in [6.07, 6.45) is 2.98. The first-order valence-corrected chi connectivity index (χ1v) is 5.72. The topological polar surface area (TPSA) is 89.4 Å². The predicted octanol–water partition coefficient (Wildman–Crippen LogP) is -0.306. The molecule has 1 fully saturated rings. The van der Waals surface area contributed by atoms with Crippen LogP contribution in [0.2, 0.25) is 0 Å². The molecule has 5 nitrogen and oxygen atoms in total. The Morgan fingerprint density at radius 2 is 2.00 bits per heavy atom. The Kier molecular flexibility index (Phi) is 4.29. The number of carbonyl (C=O) groups is 2. The third-order valence-electron chi connectivity index (χ3n) is 3.33. The van der Waals surface area contributed by atoms with Crippen LogP contribution in [0.5, 0.6) is 0 Å². The average molecular weight is 227 g/mol. The number of likely N-dealkylation sites (N-methyl/N-ethyl adjacent to an activating group) is 1. The standard InChI is InChI=1S/C11H21N3O2/c1-7-4-3-5-8(12)10(7)11(16)14(2)6-9(13)15/h7-8,10H,3-6,12H2,1-2H3,(H2,13,15). The molecule has 5 heteroatoms. The number of nitrogens with zero attached hydrogens (tertiary/aromatic N) is 1. The number of rotatable bonds is 3. The third-order valence-corrected chi connectivity index (χ3v) is 3.33. The molecule has 3 unspecified atom stereocenters. The fraction of sp³-hybridized carbons (Fsp3) is 0.818. The second-order valence-electron chi connectivity index (χ2n) is 4.76. The molecule has 0 aromatic rings. The fourth-order valence-corrected chi connectivity index (χ4v) is 2.45. The van der Waals surface area contributed by atoms with Gasteiger partial charge in [0.05, 0.1) is 12.5 Å². The summed E-state index contributed by atoms with van der Waals surface area (Å²) in [6, 6.07) is -0.0911. The van der Waals surface area contributed by atoms with Gasteiger partial charge in [-0.25, -0.2) is 0 Å². The average Bonchev–Trinajstić information content (AvgIpc) is 2.16. The minimum atomic E-state index is -0.493. The Morgan fingerprint density at radius 1 is 1.38 bits per heavy atom. The lowest BCUT2D eigenvalue weighted by atomic mass is 9.76. The minimum absolute atomic E-state index is 0.0330. The van der Waals surface area contributed by atoms with Crippen LogP contribution >= 0.6 is 0 Å². The van der Waals surface area contributed by atoms with E-state index in [1.165, 1.54) is 4.90 Å². The van der Waals surface area contributed by atoms with E-state index in [1.807, 2.05) is 6.92 Å². The normalized spacial score (nSPS) is 29.8. The molecule has 0 radical (unpaired) electrons. The molecule has 0 aliphatic heterocycles. The van der Waals surface area contributed by atoms with Gasteiger partial charge in [0, 0.05) is 13.1 Å². The Hall–Kier alpha value is -1.10. The van der Waals surface area contributed by atoms with Gasteiger partial charge in [-0.2, -0.15) is 0 Å². The molecule has 1 saturated carbocycles. The van der Waals surface area contributed by atoms with Crippen molar-refractivity contribution < 1.29 is 9.59 Å². The first-order valence-electron chi connectivity index (χ1n) is 5.72. The number of carbonyl (C=O) groups excluding carboxylic acids is 2. The van der Waals surface area contributed by atoms with Crippen LogP contribution in [0.3, 0.4) is 0 Å². The van der Waals surface area contributed by atoms with Crippen molar-refractivity contribution in [3.63, 3.8) is 0 Å². The van der Waals surface area contributed by atoms with Gasteiger partial charge in [0.2, 0.25) is 11.8 Å². The van der Waals surface area contributed by atoms with Crippen molar-refractivity contribution in [1.29, 1.82) is 0 Å². The van der Waals surface area contributed by atoms with E-state index in [2.05, 4.69) is 0 Å². The maximum atomic E-state index is 12.1. The van der Waals surface area contributed by atoms with Crippen molar-refractivity contribution >= 4 is 11.8 Å². The molecule has 0 heterocycles. The zero-order valence-electron chi connectivity index (χ0n) is 9.98. The van der Waals surface area contributed by atoms with Crippen LogP contribution in [0.25, 0.3) is 0 Å². The van der Waals surface area contributed by atoms with E-state index < -0.39 is 5.91 Å². The molecule has 16 heavy (non-hydrogen) atoms. The molecule has 0 bridgehead atoms. The van der Waals surface area contributed by atoms with Gasteiger partial charge >= 0.3 is 0 Å². The van der Waals surface area contributed by atoms with E-state index in [4.69, 9.17) is 11.5 Å². The van der Waals surface area contributed by atoms with Gasteiger partial charge in [-0.3, -0.25) is 9.59 Å². The van der Waals surface area contributed by atoms with Crippen LogP contribution < -0.4 is 11.5 Å². The Labute approximate surface area is 96.1 Å². The Morgan fingerprint density at radius 3 is 2.50 bits per heavy atom. The molecule has 2 amide bonds. The molecular weight excluding hydrogens is 206 g/mol. The first-order chi connectivity index (χ1) is 7.43. The maximum absolute atomic E-state index is 12.1. The smallest absolute Gasteiger partial charge is 0.237 e. The van der Waals surface area contributed by atoms with Gasteiger partial charge in [-0.15, -0.1) is 0 Å². The molecule has 1 rings (SSSR count). The summed E-state index contributed by atoms with van der Waals surface area (Å²) in [5.74, 6) is -0.434. The quantitative estimate of drug-likeness (QED) is 0.693. The van der Waals surface area contributed by atoms with E-state index in [1.54, 1.807) is 7.05 Å². The highest BCUT2D eigenvalue weighted by Gasteiger charge is 2.35. The molecule has 4 N–H and O–H groups in total. The second kappa shape index (κ2) is 5.30. The largest absolute Gasteiger partial charge is 0.368 e.